The van der Waals surface area contributed by atoms with E-state index in [4.69, 9.17) is 0 Å². The molecule has 0 aliphatic heterocycles. The van der Waals surface area contributed by atoms with Gasteiger partial charge >= 0.3 is 0 Å². The SMILES string of the molecule is CCN(Cc1ccccc1)C(=O)c1cc(C(=O)Nc2ccc(F)cc2F)ccn1. The maximum atomic E-state index is 13.8. The highest BCUT2D eigenvalue weighted by atomic mass is 19.1. The standard InChI is InChI=1S/C22H19F2N3O2/c1-2-27(14-15-6-4-3-5-7-15)22(29)20-12-16(10-11-25-20)21(28)26-19-9-8-17(23)13-18(19)24/h3-13H,2,14H2,1H3,(H,26,28). The van der Waals surface area contributed by atoms with Crippen LogP contribution < -0.4 is 5.32 Å². The summed E-state index contributed by atoms with van der Waals surface area (Å²) >= 11 is 0. The van der Waals surface area contributed by atoms with E-state index in [1.54, 1.807) is 4.90 Å². The van der Waals surface area contributed by atoms with Crippen LogP contribution in [0.2, 0.25) is 0 Å². The number of pyridine rings is 1. The van der Waals surface area contributed by atoms with Crippen LogP contribution in [0.3, 0.4) is 0 Å². The van der Waals surface area contributed by atoms with Crippen LogP contribution >= 0.6 is 0 Å². The summed E-state index contributed by atoms with van der Waals surface area (Å²) in [5.41, 5.74) is 1.07. The van der Waals surface area contributed by atoms with Gasteiger partial charge in [0.1, 0.15) is 17.3 Å². The van der Waals surface area contributed by atoms with E-state index in [9.17, 15) is 18.4 Å². The monoisotopic (exact) mass is 395 g/mol. The van der Waals surface area contributed by atoms with Crippen molar-refractivity contribution in [1.82, 2.24) is 9.88 Å². The second-order valence-corrected chi connectivity index (χ2v) is 6.31. The average molecular weight is 395 g/mol. The van der Waals surface area contributed by atoms with Crippen LogP contribution in [0.5, 0.6) is 0 Å². The number of hydrogen-bond acceptors (Lipinski definition) is 3. The number of nitrogens with one attached hydrogen (secondary N) is 1. The van der Waals surface area contributed by atoms with Gasteiger partial charge < -0.3 is 10.2 Å². The molecule has 2 aromatic carbocycles. The lowest BCUT2D eigenvalue weighted by atomic mass is 10.1. The Morgan fingerprint density at radius 1 is 1.03 bits per heavy atom. The van der Waals surface area contributed by atoms with E-state index in [0.29, 0.717) is 19.2 Å². The molecule has 148 valence electrons. The lowest BCUT2D eigenvalue weighted by Crippen LogP contribution is -2.31. The molecule has 3 aromatic rings. The molecule has 1 heterocycles. The van der Waals surface area contributed by atoms with Crippen molar-refractivity contribution in [1.29, 1.82) is 0 Å². The van der Waals surface area contributed by atoms with Crippen molar-refractivity contribution in [2.24, 2.45) is 0 Å². The van der Waals surface area contributed by atoms with Gasteiger partial charge in [0.05, 0.1) is 5.69 Å². The normalized spacial score (nSPS) is 10.4. The van der Waals surface area contributed by atoms with Gasteiger partial charge in [-0.25, -0.2) is 8.78 Å². The van der Waals surface area contributed by atoms with Crippen molar-refractivity contribution < 1.29 is 18.4 Å². The molecule has 0 saturated heterocycles. The van der Waals surface area contributed by atoms with E-state index in [1.807, 2.05) is 37.3 Å². The molecule has 0 saturated carbocycles. The maximum Gasteiger partial charge on any atom is 0.272 e. The van der Waals surface area contributed by atoms with Gasteiger partial charge in [-0.05, 0) is 36.8 Å². The Hall–Kier alpha value is -3.61. The first-order chi connectivity index (χ1) is 14.0. The van der Waals surface area contributed by atoms with Crippen molar-refractivity contribution in [2.75, 3.05) is 11.9 Å². The van der Waals surface area contributed by atoms with Crippen LogP contribution in [0.1, 0.15) is 33.3 Å². The van der Waals surface area contributed by atoms with E-state index in [-0.39, 0.29) is 22.9 Å². The van der Waals surface area contributed by atoms with Crippen LogP contribution in [-0.4, -0.2) is 28.2 Å². The number of halogens is 2. The van der Waals surface area contributed by atoms with Crippen molar-refractivity contribution >= 4 is 17.5 Å². The second kappa shape index (κ2) is 9.05. The molecule has 1 N–H and O–H groups in total. The first kappa shape index (κ1) is 20.1. The molecule has 7 heteroatoms. The fourth-order valence-corrected chi connectivity index (χ4v) is 2.77. The summed E-state index contributed by atoms with van der Waals surface area (Å²) in [6.07, 6.45) is 1.35. The Bertz CT molecular complexity index is 1030. The summed E-state index contributed by atoms with van der Waals surface area (Å²) in [7, 11) is 0. The molecule has 0 atom stereocenters. The summed E-state index contributed by atoms with van der Waals surface area (Å²) in [6.45, 7) is 2.73. The van der Waals surface area contributed by atoms with Gasteiger partial charge in [-0.1, -0.05) is 30.3 Å². The molecule has 5 nitrogen and oxygen atoms in total. The van der Waals surface area contributed by atoms with Crippen molar-refractivity contribution in [3.63, 3.8) is 0 Å². The smallest absolute Gasteiger partial charge is 0.272 e. The minimum Gasteiger partial charge on any atom is -0.333 e. The summed E-state index contributed by atoms with van der Waals surface area (Å²) in [5, 5.41) is 2.37. The third-order valence-corrected chi connectivity index (χ3v) is 4.31. The molecule has 29 heavy (non-hydrogen) atoms. The molecule has 0 aliphatic carbocycles. The highest BCUT2D eigenvalue weighted by Crippen LogP contribution is 2.17. The predicted octanol–water partition coefficient (Wildman–Crippen LogP) is 4.27. The molecule has 0 unspecified atom stereocenters. The molecular formula is C22H19F2N3O2. The number of anilines is 1. The zero-order valence-corrected chi connectivity index (χ0v) is 15.7. The number of nitrogens with zero attached hydrogens (tertiary/aromatic N) is 2. The molecular weight excluding hydrogens is 376 g/mol. The molecule has 1 aromatic heterocycles. The van der Waals surface area contributed by atoms with Crippen molar-refractivity contribution in [3.05, 3.63) is 95.3 Å². The van der Waals surface area contributed by atoms with Crippen molar-refractivity contribution in [2.45, 2.75) is 13.5 Å². The highest BCUT2D eigenvalue weighted by molar-refractivity contribution is 6.05. The predicted molar refractivity (Wildman–Crippen MR) is 105 cm³/mol. The Kier molecular flexibility index (Phi) is 6.29. The molecule has 3 rings (SSSR count). The Morgan fingerprint density at radius 2 is 1.79 bits per heavy atom. The fourth-order valence-electron chi connectivity index (χ4n) is 2.77. The van der Waals surface area contributed by atoms with E-state index < -0.39 is 17.5 Å². The summed E-state index contributed by atoms with van der Waals surface area (Å²) in [5.74, 6) is -2.57. The quantitative estimate of drug-likeness (QED) is 0.678. The van der Waals surface area contributed by atoms with Crippen LogP contribution in [-0.2, 0) is 6.54 Å². The van der Waals surface area contributed by atoms with E-state index >= 15 is 0 Å². The van der Waals surface area contributed by atoms with E-state index in [2.05, 4.69) is 10.3 Å². The molecule has 0 aliphatic rings. The molecule has 2 amide bonds. The van der Waals surface area contributed by atoms with Gasteiger partial charge in [0.25, 0.3) is 11.8 Å². The van der Waals surface area contributed by atoms with Crippen LogP contribution in [0.15, 0.2) is 66.9 Å². The van der Waals surface area contributed by atoms with Gasteiger partial charge in [0.15, 0.2) is 0 Å². The number of amides is 2. The molecule has 0 spiro atoms. The highest BCUT2D eigenvalue weighted by Gasteiger charge is 2.18. The van der Waals surface area contributed by atoms with Gasteiger partial charge in [0.2, 0.25) is 0 Å². The third-order valence-electron chi connectivity index (χ3n) is 4.31. The Morgan fingerprint density at radius 3 is 2.48 bits per heavy atom. The zero-order valence-electron chi connectivity index (χ0n) is 15.7. The van der Waals surface area contributed by atoms with E-state index in [1.165, 1.54) is 18.3 Å². The fraction of sp³-hybridized carbons (Fsp3) is 0.136. The lowest BCUT2D eigenvalue weighted by Gasteiger charge is -2.20. The minimum atomic E-state index is -0.885. The van der Waals surface area contributed by atoms with E-state index in [0.717, 1.165) is 17.7 Å². The summed E-state index contributed by atoms with van der Waals surface area (Å²) in [4.78, 5) is 31.0. The zero-order chi connectivity index (χ0) is 20.8. The van der Waals surface area contributed by atoms with Crippen molar-refractivity contribution in [3.8, 4) is 0 Å². The second-order valence-electron chi connectivity index (χ2n) is 6.31. The van der Waals surface area contributed by atoms with Gasteiger partial charge in [-0.3, -0.25) is 14.6 Å². The average Bonchev–Trinajstić information content (AvgIpc) is 2.74. The number of rotatable bonds is 6. The number of carbonyl (C=O) groups excluding carboxylic acids is 2. The third kappa shape index (κ3) is 5.01. The minimum absolute atomic E-state index is 0.106. The summed E-state index contributed by atoms with van der Waals surface area (Å²) < 4.78 is 26.8. The van der Waals surface area contributed by atoms with Crippen LogP contribution in [0, 0.1) is 11.6 Å². The van der Waals surface area contributed by atoms with Gasteiger partial charge in [-0.15, -0.1) is 0 Å². The topological polar surface area (TPSA) is 62.3 Å². The first-order valence-corrected chi connectivity index (χ1v) is 9.03. The lowest BCUT2D eigenvalue weighted by molar-refractivity contribution is 0.0746. The van der Waals surface area contributed by atoms with Crippen LogP contribution in [0.25, 0.3) is 0 Å². The van der Waals surface area contributed by atoms with Crippen LogP contribution in [0.4, 0.5) is 14.5 Å². The summed E-state index contributed by atoms with van der Waals surface area (Å²) in [6, 6.07) is 15.2. The van der Waals surface area contributed by atoms with Gasteiger partial charge in [0, 0.05) is 30.9 Å². The number of aromatic nitrogens is 1. The molecule has 0 fully saturated rings. The molecule has 0 radical (unpaired) electrons. The number of carbonyl (C=O) groups is 2. The number of hydrogen-bond donors (Lipinski definition) is 1. The Balaban J connectivity index is 1.77. The first-order valence-electron chi connectivity index (χ1n) is 9.03. The molecule has 0 bridgehead atoms. The number of benzene rings is 2. The van der Waals surface area contributed by atoms with Gasteiger partial charge in [-0.2, -0.15) is 0 Å². The maximum absolute atomic E-state index is 13.8. The Labute approximate surface area is 167 Å². The largest absolute Gasteiger partial charge is 0.333 e.